The van der Waals surface area contributed by atoms with Crippen LogP contribution in [0.4, 0.5) is 5.69 Å². The number of nitrogens with one attached hydrogen (secondary N) is 1. The zero-order chi connectivity index (χ0) is 12.1. The van der Waals surface area contributed by atoms with Crippen LogP contribution < -0.4 is 11.1 Å². The molecule has 0 saturated carbocycles. The number of carbonyl (C=O) groups is 1. The predicted octanol–water partition coefficient (Wildman–Crippen LogP) is 1.42. The van der Waals surface area contributed by atoms with E-state index in [9.17, 15) is 4.79 Å². The summed E-state index contributed by atoms with van der Waals surface area (Å²) in [6.45, 7) is 2.08. The number of carbonyl (C=O) groups excluding carboxylic acids is 1. The van der Waals surface area contributed by atoms with Gasteiger partial charge in [0, 0.05) is 12.2 Å². The molecule has 0 aliphatic heterocycles. The number of nitrogens with two attached hydrogens (primary N) is 1. The molecule has 0 aromatic heterocycles. The molecule has 0 spiro atoms. The van der Waals surface area contributed by atoms with Gasteiger partial charge in [0.15, 0.2) is 0 Å². The third-order valence-corrected chi connectivity index (χ3v) is 2.40. The Hall–Kier alpha value is -1.26. The van der Waals surface area contributed by atoms with E-state index in [1.807, 2.05) is 0 Å². The number of nitrogen functional groups attached to an aromatic ring is 1. The van der Waals surface area contributed by atoms with Crippen molar-refractivity contribution in [3.63, 3.8) is 0 Å². The van der Waals surface area contributed by atoms with Crippen LogP contribution >= 0.6 is 11.6 Å². The number of aliphatic hydroxyl groups excluding tert-OH is 1. The summed E-state index contributed by atoms with van der Waals surface area (Å²) in [7, 11) is 0. The molecule has 0 aliphatic carbocycles. The van der Waals surface area contributed by atoms with Crippen molar-refractivity contribution in [2.75, 3.05) is 12.3 Å². The van der Waals surface area contributed by atoms with Crippen LogP contribution in [0.5, 0.6) is 0 Å². The van der Waals surface area contributed by atoms with Crippen LogP contribution in [0.15, 0.2) is 18.2 Å². The van der Waals surface area contributed by atoms with Crippen LogP contribution in [-0.2, 0) is 0 Å². The Kier molecular flexibility index (Phi) is 4.58. The molecule has 1 aromatic carbocycles. The fourth-order valence-electron chi connectivity index (χ4n) is 1.21. The first-order chi connectivity index (χ1) is 7.50. The number of amides is 1. The summed E-state index contributed by atoms with van der Waals surface area (Å²) in [5.41, 5.74) is 6.43. The van der Waals surface area contributed by atoms with Crippen molar-refractivity contribution in [3.05, 3.63) is 28.8 Å². The molecule has 88 valence electrons. The highest BCUT2D eigenvalue weighted by molar-refractivity contribution is 6.34. The van der Waals surface area contributed by atoms with Gasteiger partial charge < -0.3 is 16.2 Å². The largest absolute Gasteiger partial charge is 0.399 e. The first-order valence-electron chi connectivity index (χ1n) is 5.02. The lowest BCUT2D eigenvalue weighted by atomic mass is 10.2. The molecule has 0 radical (unpaired) electrons. The van der Waals surface area contributed by atoms with Crippen LogP contribution in [0.25, 0.3) is 0 Å². The Bertz CT molecular complexity index is 380. The van der Waals surface area contributed by atoms with Gasteiger partial charge in [-0.2, -0.15) is 0 Å². The summed E-state index contributed by atoms with van der Waals surface area (Å²) >= 11 is 5.88. The minimum Gasteiger partial charge on any atom is -0.399 e. The summed E-state index contributed by atoms with van der Waals surface area (Å²) in [5, 5.41) is 12.0. The number of hydrogen-bond donors (Lipinski definition) is 3. The molecule has 16 heavy (non-hydrogen) atoms. The number of benzene rings is 1. The minimum absolute atomic E-state index is 0.259. The molecule has 0 bridgehead atoms. The molecular formula is C11H15ClN2O2. The first kappa shape index (κ1) is 12.8. The SMILES string of the molecule is CC(O)CCNC(=O)c1ccc(N)cc1Cl. The summed E-state index contributed by atoms with van der Waals surface area (Å²) in [6.07, 6.45) is 0.0837. The van der Waals surface area contributed by atoms with Crippen LogP contribution in [0, 0.1) is 0 Å². The highest BCUT2D eigenvalue weighted by atomic mass is 35.5. The van der Waals surface area contributed by atoms with E-state index in [2.05, 4.69) is 5.32 Å². The fourth-order valence-corrected chi connectivity index (χ4v) is 1.48. The Labute approximate surface area is 99.4 Å². The molecule has 1 atom stereocenters. The van der Waals surface area contributed by atoms with Gasteiger partial charge in [-0.25, -0.2) is 0 Å². The van der Waals surface area contributed by atoms with Crippen LogP contribution in [0.2, 0.25) is 5.02 Å². The monoisotopic (exact) mass is 242 g/mol. The molecule has 0 fully saturated rings. The molecule has 1 aromatic rings. The number of hydrogen-bond acceptors (Lipinski definition) is 3. The molecule has 0 aliphatic rings. The second kappa shape index (κ2) is 5.72. The first-order valence-corrected chi connectivity index (χ1v) is 5.40. The number of anilines is 1. The normalized spacial score (nSPS) is 12.2. The van der Waals surface area contributed by atoms with Crippen molar-refractivity contribution in [1.29, 1.82) is 0 Å². The van der Waals surface area contributed by atoms with Crippen molar-refractivity contribution in [2.45, 2.75) is 19.4 Å². The molecule has 0 saturated heterocycles. The molecule has 1 amide bonds. The Balaban J connectivity index is 2.59. The topological polar surface area (TPSA) is 75.3 Å². The predicted molar refractivity (Wildman–Crippen MR) is 64.5 cm³/mol. The van der Waals surface area contributed by atoms with Gasteiger partial charge in [0.1, 0.15) is 0 Å². The third-order valence-electron chi connectivity index (χ3n) is 2.09. The minimum atomic E-state index is -0.429. The Morgan fingerprint density at radius 2 is 2.31 bits per heavy atom. The third kappa shape index (κ3) is 3.72. The summed E-state index contributed by atoms with van der Waals surface area (Å²) in [5.74, 6) is -0.259. The quantitative estimate of drug-likeness (QED) is 0.699. The second-order valence-corrected chi connectivity index (χ2v) is 4.04. The van der Waals surface area contributed by atoms with Crippen molar-refractivity contribution >= 4 is 23.2 Å². The van der Waals surface area contributed by atoms with Gasteiger partial charge >= 0.3 is 0 Å². The highest BCUT2D eigenvalue weighted by Gasteiger charge is 2.09. The van der Waals surface area contributed by atoms with E-state index in [1.54, 1.807) is 19.1 Å². The second-order valence-electron chi connectivity index (χ2n) is 3.63. The number of halogens is 1. The van der Waals surface area contributed by atoms with E-state index in [0.29, 0.717) is 29.2 Å². The van der Waals surface area contributed by atoms with Crippen molar-refractivity contribution in [1.82, 2.24) is 5.32 Å². The van der Waals surface area contributed by atoms with E-state index in [0.717, 1.165) is 0 Å². The average Bonchev–Trinajstić information content (AvgIpc) is 2.16. The molecule has 4 nitrogen and oxygen atoms in total. The average molecular weight is 243 g/mol. The molecule has 5 heteroatoms. The fraction of sp³-hybridized carbons (Fsp3) is 0.364. The Morgan fingerprint density at radius 3 is 2.88 bits per heavy atom. The zero-order valence-electron chi connectivity index (χ0n) is 9.03. The Morgan fingerprint density at radius 1 is 1.62 bits per heavy atom. The lowest BCUT2D eigenvalue weighted by Gasteiger charge is -2.08. The van der Waals surface area contributed by atoms with Crippen LogP contribution in [-0.4, -0.2) is 23.7 Å². The van der Waals surface area contributed by atoms with Gasteiger partial charge in [-0.05, 0) is 31.5 Å². The van der Waals surface area contributed by atoms with E-state index in [4.69, 9.17) is 22.4 Å². The van der Waals surface area contributed by atoms with Gasteiger partial charge in [0.2, 0.25) is 0 Å². The van der Waals surface area contributed by atoms with E-state index in [-0.39, 0.29) is 5.91 Å². The maximum Gasteiger partial charge on any atom is 0.252 e. The molecule has 1 unspecified atom stereocenters. The van der Waals surface area contributed by atoms with Crippen molar-refractivity contribution < 1.29 is 9.90 Å². The van der Waals surface area contributed by atoms with Crippen molar-refractivity contribution in [2.24, 2.45) is 0 Å². The number of aliphatic hydroxyl groups is 1. The smallest absolute Gasteiger partial charge is 0.252 e. The van der Waals surface area contributed by atoms with E-state index < -0.39 is 6.10 Å². The van der Waals surface area contributed by atoms with E-state index >= 15 is 0 Å². The zero-order valence-corrected chi connectivity index (χ0v) is 9.79. The summed E-state index contributed by atoms with van der Waals surface area (Å²) < 4.78 is 0. The maximum absolute atomic E-state index is 11.6. The van der Waals surface area contributed by atoms with Crippen LogP contribution in [0.3, 0.4) is 0 Å². The summed E-state index contributed by atoms with van der Waals surface area (Å²) in [4.78, 5) is 11.6. The number of rotatable bonds is 4. The molecular weight excluding hydrogens is 228 g/mol. The van der Waals surface area contributed by atoms with Gasteiger partial charge in [0.05, 0.1) is 16.7 Å². The highest BCUT2D eigenvalue weighted by Crippen LogP contribution is 2.18. The lowest BCUT2D eigenvalue weighted by Crippen LogP contribution is -2.26. The molecule has 4 N–H and O–H groups in total. The van der Waals surface area contributed by atoms with E-state index in [1.165, 1.54) is 6.07 Å². The van der Waals surface area contributed by atoms with Crippen LogP contribution in [0.1, 0.15) is 23.7 Å². The van der Waals surface area contributed by atoms with Crippen molar-refractivity contribution in [3.8, 4) is 0 Å². The summed E-state index contributed by atoms with van der Waals surface area (Å²) in [6, 6.07) is 4.73. The van der Waals surface area contributed by atoms with Gasteiger partial charge in [-0.15, -0.1) is 0 Å². The van der Waals surface area contributed by atoms with Gasteiger partial charge in [0.25, 0.3) is 5.91 Å². The van der Waals surface area contributed by atoms with Gasteiger partial charge in [-0.1, -0.05) is 11.6 Å². The van der Waals surface area contributed by atoms with Gasteiger partial charge in [-0.3, -0.25) is 4.79 Å². The maximum atomic E-state index is 11.6. The molecule has 0 heterocycles. The standard InChI is InChI=1S/C11H15ClN2O2/c1-7(15)4-5-14-11(16)9-3-2-8(13)6-10(9)12/h2-3,6-7,15H,4-5,13H2,1H3,(H,14,16). The lowest BCUT2D eigenvalue weighted by molar-refractivity contribution is 0.0946. The molecule has 1 rings (SSSR count).